The van der Waals surface area contributed by atoms with Gasteiger partial charge in [0.15, 0.2) is 5.82 Å². The van der Waals surface area contributed by atoms with Crippen molar-refractivity contribution in [3.05, 3.63) is 96.1 Å². The third-order valence-electron chi connectivity index (χ3n) is 4.69. The maximum atomic E-state index is 12.6. The van der Waals surface area contributed by atoms with Gasteiger partial charge in [-0.05, 0) is 48.5 Å². The Bertz CT molecular complexity index is 1410. The Balaban J connectivity index is 1.48. The van der Waals surface area contributed by atoms with Gasteiger partial charge in [-0.1, -0.05) is 30.3 Å². The molecule has 166 valence electrons. The molecule has 1 heterocycles. The van der Waals surface area contributed by atoms with Gasteiger partial charge in [0.25, 0.3) is 15.9 Å². The van der Waals surface area contributed by atoms with Crippen molar-refractivity contribution in [1.29, 1.82) is 0 Å². The number of hydrogen-bond donors (Lipinski definition) is 4. The molecular weight excluding hydrogens is 444 g/mol. The zero-order valence-corrected chi connectivity index (χ0v) is 17.8. The Labute approximate surface area is 189 Å². The molecule has 0 radical (unpaired) electrons. The number of nitrogens with zero attached hydrogens (tertiary/aromatic N) is 1. The number of nitrogens with one attached hydrogen (secondary N) is 3. The number of carboxylic acid groups (broad SMARTS) is 1. The van der Waals surface area contributed by atoms with Gasteiger partial charge in [0.1, 0.15) is 0 Å². The molecule has 0 aliphatic carbocycles. The molecule has 0 saturated carbocycles. The molecule has 0 aliphatic heterocycles. The van der Waals surface area contributed by atoms with Gasteiger partial charge in [-0.15, -0.1) is 0 Å². The molecule has 0 saturated heterocycles. The van der Waals surface area contributed by atoms with E-state index in [4.69, 9.17) is 5.11 Å². The van der Waals surface area contributed by atoms with E-state index in [0.717, 1.165) is 0 Å². The molecule has 0 aliphatic rings. The summed E-state index contributed by atoms with van der Waals surface area (Å²) in [6, 6.07) is 21.9. The third kappa shape index (κ3) is 5.08. The summed E-state index contributed by atoms with van der Waals surface area (Å²) in [5.41, 5.74) is 1.95. The number of hydrogen-bond acceptors (Lipinski definition) is 5. The van der Waals surface area contributed by atoms with Crippen LogP contribution in [0.5, 0.6) is 0 Å². The number of amides is 1. The van der Waals surface area contributed by atoms with E-state index in [0.29, 0.717) is 16.9 Å². The zero-order chi connectivity index (χ0) is 23.4. The van der Waals surface area contributed by atoms with Gasteiger partial charge in [-0.3, -0.25) is 14.6 Å². The van der Waals surface area contributed by atoms with Crippen LogP contribution >= 0.6 is 0 Å². The average molecular weight is 462 g/mol. The number of aromatic amines is 1. The second-order valence-electron chi connectivity index (χ2n) is 7.00. The lowest BCUT2D eigenvalue weighted by molar-refractivity contribution is 0.0696. The molecule has 0 fully saturated rings. The second kappa shape index (κ2) is 8.97. The van der Waals surface area contributed by atoms with Crippen LogP contribution in [-0.2, 0) is 10.0 Å². The van der Waals surface area contributed by atoms with Crippen LogP contribution in [0.15, 0.2) is 89.8 Å². The molecule has 4 rings (SSSR count). The number of carbonyl (C=O) groups is 2. The summed E-state index contributed by atoms with van der Waals surface area (Å²) in [6.45, 7) is 0. The van der Waals surface area contributed by atoms with Crippen LogP contribution in [-0.4, -0.2) is 35.6 Å². The summed E-state index contributed by atoms with van der Waals surface area (Å²) >= 11 is 0. The van der Waals surface area contributed by atoms with Crippen molar-refractivity contribution in [3.8, 4) is 11.3 Å². The van der Waals surface area contributed by atoms with Crippen molar-refractivity contribution in [1.82, 2.24) is 10.2 Å². The number of aromatic carboxylic acids is 1. The number of H-pyrrole nitrogens is 1. The number of carboxylic acids is 1. The zero-order valence-electron chi connectivity index (χ0n) is 17.0. The van der Waals surface area contributed by atoms with Crippen LogP contribution < -0.4 is 10.0 Å². The van der Waals surface area contributed by atoms with Crippen LogP contribution in [0, 0.1) is 0 Å². The molecule has 0 atom stereocenters. The minimum absolute atomic E-state index is 0.0800. The molecule has 3 aromatic carbocycles. The normalized spacial score (nSPS) is 11.0. The lowest BCUT2D eigenvalue weighted by Crippen LogP contribution is -2.12. The Morgan fingerprint density at radius 3 is 2.24 bits per heavy atom. The number of sulfonamides is 1. The smallest absolute Gasteiger partial charge is 0.335 e. The summed E-state index contributed by atoms with van der Waals surface area (Å²) in [5, 5.41) is 18.5. The highest BCUT2D eigenvalue weighted by atomic mass is 32.2. The van der Waals surface area contributed by atoms with Gasteiger partial charge in [0, 0.05) is 22.9 Å². The standard InChI is InChI=1S/C23H18N4O5S/c28-22(15-9-11-16(12-10-15)23(29)30)24-21-14-20(25-26-21)17-5-4-6-18(13-17)27-33(31,32)19-7-2-1-3-8-19/h1-14,27H,(H,29,30)(H2,24,25,26,28). The Hall–Kier alpha value is -4.44. The minimum Gasteiger partial charge on any atom is -0.478 e. The molecule has 0 bridgehead atoms. The lowest BCUT2D eigenvalue weighted by Gasteiger charge is -2.09. The Kier molecular flexibility index (Phi) is 5.92. The van der Waals surface area contributed by atoms with E-state index in [2.05, 4.69) is 20.2 Å². The van der Waals surface area contributed by atoms with Crippen LogP contribution in [0.4, 0.5) is 11.5 Å². The summed E-state index contributed by atoms with van der Waals surface area (Å²) < 4.78 is 27.7. The van der Waals surface area contributed by atoms with E-state index in [-0.39, 0.29) is 21.8 Å². The van der Waals surface area contributed by atoms with Crippen LogP contribution in [0.3, 0.4) is 0 Å². The maximum Gasteiger partial charge on any atom is 0.335 e. The fourth-order valence-electron chi connectivity index (χ4n) is 3.05. The fourth-order valence-corrected chi connectivity index (χ4v) is 4.12. The molecule has 4 N–H and O–H groups in total. The maximum absolute atomic E-state index is 12.6. The van der Waals surface area contributed by atoms with E-state index in [1.165, 1.54) is 36.4 Å². The van der Waals surface area contributed by atoms with Gasteiger partial charge in [-0.2, -0.15) is 5.10 Å². The van der Waals surface area contributed by atoms with Gasteiger partial charge >= 0.3 is 5.97 Å². The van der Waals surface area contributed by atoms with Crippen molar-refractivity contribution in [2.24, 2.45) is 0 Å². The van der Waals surface area contributed by atoms with E-state index < -0.39 is 21.9 Å². The van der Waals surface area contributed by atoms with Gasteiger partial charge in [0.05, 0.1) is 16.2 Å². The first kappa shape index (κ1) is 21.8. The molecule has 0 unspecified atom stereocenters. The highest BCUT2D eigenvalue weighted by Gasteiger charge is 2.15. The highest BCUT2D eigenvalue weighted by Crippen LogP contribution is 2.25. The van der Waals surface area contributed by atoms with Crippen molar-refractivity contribution in [2.75, 3.05) is 10.0 Å². The van der Waals surface area contributed by atoms with Crippen molar-refractivity contribution in [3.63, 3.8) is 0 Å². The summed E-state index contributed by atoms with van der Waals surface area (Å²) in [5.74, 6) is -1.27. The number of rotatable bonds is 7. The Morgan fingerprint density at radius 2 is 1.55 bits per heavy atom. The van der Waals surface area contributed by atoms with E-state index in [1.54, 1.807) is 48.5 Å². The quantitative estimate of drug-likeness (QED) is 0.329. The van der Waals surface area contributed by atoms with E-state index in [9.17, 15) is 18.0 Å². The molecule has 10 heteroatoms. The first-order valence-electron chi connectivity index (χ1n) is 9.70. The summed E-state index contributed by atoms with van der Waals surface area (Å²) in [4.78, 5) is 23.5. The molecule has 4 aromatic rings. The lowest BCUT2D eigenvalue weighted by atomic mass is 10.1. The molecule has 1 aromatic heterocycles. The molecule has 33 heavy (non-hydrogen) atoms. The number of aromatic nitrogens is 2. The first-order valence-corrected chi connectivity index (χ1v) is 11.2. The fraction of sp³-hybridized carbons (Fsp3) is 0. The first-order chi connectivity index (χ1) is 15.8. The molecular formula is C23H18N4O5S. The summed E-state index contributed by atoms with van der Waals surface area (Å²) in [7, 11) is -3.73. The Morgan fingerprint density at radius 1 is 0.848 bits per heavy atom. The minimum atomic E-state index is -3.73. The number of anilines is 2. The topological polar surface area (TPSA) is 141 Å². The van der Waals surface area contributed by atoms with Crippen LogP contribution in [0.1, 0.15) is 20.7 Å². The molecule has 1 amide bonds. The van der Waals surface area contributed by atoms with Gasteiger partial charge < -0.3 is 10.4 Å². The molecule has 9 nitrogen and oxygen atoms in total. The largest absolute Gasteiger partial charge is 0.478 e. The number of carbonyl (C=O) groups excluding carboxylic acids is 1. The van der Waals surface area contributed by atoms with Crippen molar-refractivity contribution in [2.45, 2.75) is 4.90 Å². The monoisotopic (exact) mass is 462 g/mol. The molecule has 0 spiro atoms. The van der Waals surface area contributed by atoms with Crippen LogP contribution in [0.2, 0.25) is 0 Å². The van der Waals surface area contributed by atoms with Gasteiger partial charge in [-0.25, -0.2) is 13.2 Å². The van der Waals surface area contributed by atoms with Crippen LogP contribution in [0.25, 0.3) is 11.3 Å². The second-order valence-corrected chi connectivity index (χ2v) is 8.69. The summed E-state index contributed by atoms with van der Waals surface area (Å²) in [6.07, 6.45) is 0. The van der Waals surface area contributed by atoms with E-state index >= 15 is 0 Å². The predicted octanol–water partition coefficient (Wildman–Crippen LogP) is 3.83. The van der Waals surface area contributed by atoms with Gasteiger partial charge in [0.2, 0.25) is 0 Å². The van der Waals surface area contributed by atoms with Crippen molar-refractivity contribution < 1.29 is 23.1 Å². The third-order valence-corrected chi connectivity index (χ3v) is 6.09. The SMILES string of the molecule is O=C(O)c1ccc(C(=O)Nc2cc(-c3cccc(NS(=O)(=O)c4ccccc4)c3)[nH]n2)cc1. The van der Waals surface area contributed by atoms with Crippen molar-refractivity contribution >= 4 is 33.4 Å². The number of benzene rings is 3. The highest BCUT2D eigenvalue weighted by molar-refractivity contribution is 7.92. The average Bonchev–Trinajstić information content (AvgIpc) is 3.28. The predicted molar refractivity (Wildman–Crippen MR) is 123 cm³/mol. The van der Waals surface area contributed by atoms with E-state index in [1.807, 2.05) is 0 Å².